The van der Waals surface area contributed by atoms with Crippen molar-refractivity contribution >= 4 is 28.8 Å². The number of anilines is 1. The summed E-state index contributed by atoms with van der Waals surface area (Å²) >= 11 is 0. The highest BCUT2D eigenvalue weighted by atomic mass is 19.1. The fraction of sp³-hybridized carbons (Fsp3) is 0.0833. The minimum Gasteiger partial charge on any atom is -0.339 e. The van der Waals surface area contributed by atoms with Gasteiger partial charge in [0, 0.05) is 30.4 Å². The summed E-state index contributed by atoms with van der Waals surface area (Å²) in [6.45, 7) is -0.229. The van der Waals surface area contributed by atoms with Crippen LogP contribution in [0.4, 0.5) is 15.8 Å². The lowest BCUT2D eigenvalue weighted by Gasteiger charge is -2.21. The predicted octanol–water partition coefficient (Wildman–Crippen LogP) is 4.15. The fourth-order valence-corrected chi connectivity index (χ4v) is 3.61. The van der Waals surface area contributed by atoms with Gasteiger partial charge in [0.1, 0.15) is 11.5 Å². The van der Waals surface area contributed by atoms with Crippen LogP contribution in [0.25, 0.3) is 5.57 Å². The molecule has 8 heteroatoms. The number of para-hydroxylation sites is 1. The molecular weight excluding hydrogens is 413 g/mol. The van der Waals surface area contributed by atoms with Gasteiger partial charge in [0.15, 0.2) is 0 Å². The van der Waals surface area contributed by atoms with E-state index in [-0.39, 0.29) is 29.1 Å². The average molecular weight is 431 g/mol. The third-order valence-electron chi connectivity index (χ3n) is 5.28. The Kier molecular flexibility index (Phi) is 5.51. The molecule has 0 atom stereocenters. The minimum atomic E-state index is -0.593. The van der Waals surface area contributed by atoms with Gasteiger partial charge in [-0.15, -0.1) is 0 Å². The van der Waals surface area contributed by atoms with E-state index in [1.54, 1.807) is 42.3 Å². The third kappa shape index (κ3) is 3.74. The molecule has 7 nitrogen and oxygen atoms in total. The highest BCUT2D eigenvalue weighted by Crippen LogP contribution is 2.35. The molecule has 4 rings (SSSR count). The molecule has 3 aromatic carbocycles. The summed E-state index contributed by atoms with van der Waals surface area (Å²) in [4.78, 5) is 39.8. The van der Waals surface area contributed by atoms with Crippen LogP contribution in [-0.2, 0) is 16.1 Å². The van der Waals surface area contributed by atoms with Crippen molar-refractivity contribution in [1.29, 1.82) is 0 Å². The van der Waals surface area contributed by atoms with E-state index < -0.39 is 22.6 Å². The van der Waals surface area contributed by atoms with Crippen molar-refractivity contribution in [3.63, 3.8) is 0 Å². The monoisotopic (exact) mass is 431 g/mol. The molecule has 0 fully saturated rings. The van der Waals surface area contributed by atoms with Crippen molar-refractivity contribution in [2.24, 2.45) is 0 Å². The number of amides is 2. The van der Waals surface area contributed by atoms with Gasteiger partial charge >= 0.3 is 0 Å². The Hall–Kier alpha value is -4.33. The quantitative estimate of drug-likeness (QED) is 0.333. The Morgan fingerprint density at radius 1 is 0.906 bits per heavy atom. The van der Waals surface area contributed by atoms with Crippen LogP contribution in [0.5, 0.6) is 0 Å². The summed E-state index contributed by atoms with van der Waals surface area (Å²) in [7, 11) is 1.66. The second-order valence-electron chi connectivity index (χ2n) is 7.21. The number of hydrogen-bond acceptors (Lipinski definition) is 5. The van der Waals surface area contributed by atoms with Gasteiger partial charge in [0.2, 0.25) is 0 Å². The normalized spacial score (nSPS) is 13.6. The molecule has 0 unspecified atom stereocenters. The van der Waals surface area contributed by atoms with E-state index in [1.165, 1.54) is 42.5 Å². The van der Waals surface area contributed by atoms with Crippen molar-refractivity contribution in [3.8, 4) is 0 Å². The molecule has 1 heterocycles. The number of carbonyl (C=O) groups is 2. The second kappa shape index (κ2) is 8.43. The van der Waals surface area contributed by atoms with Crippen LogP contribution < -0.4 is 4.90 Å². The maximum absolute atomic E-state index is 14.2. The SMILES string of the molecule is CN(C1=C(c2ccc([N+](=O)[O-])cc2)C(=O)N(Cc2ccccc2F)C1=O)c1ccccc1. The van der Waals surface area contributed by atoms with Gasteiger partial charge in [-0.05, 0) is 35.9 Å². The van der Waals surface area contributed by atoms with Crippen molar-refractivity contribution in [2.45, 2.75) is 6.54 Å². The van der Waals surface area contributed by atoms with Crippen LogP contribution in [0.2, 0.25) is 0 Å². The van der Waals surface area contributed by atoms with Gasteiger partial charge in [-0.2, -0.15) is 0 Å². The molecule has 1 aliphatic heterocycles. The Labute approximate surface area is 183 Å². The lowest BCUT2D eigenvalue weighted by molar-refractivity contribution is -0.384. The van der Waals surface area contributed by atoms with Gasteiger partial charge in [-0.1, -0.05) is 36.4 Å². The molecule has 0 spiro atoms. The topological polar surface area (TPSA) is 83.8 Å². The number of rotatable bonds is 6. The zero-order valence-corrected chi connectivity index (χ0v) is 17.1. The summed E-state index contributed by atoms with van der Waals surface area (Å²) in [5.41, 5.74) is 1.34. The summed E-state index contributed by atoms with van der Waals surface area (Å²) < 4.78 is 14.2. The highest BCUT2D eigenvalue weighted by molar-refractivity contribution is 6.36. The Morgan fingerprint density at radius 3 is 2.16 bits per heavy atom. The maximum atomic E-state index is 14.2. The lowest BCUT2D eigenvalue weighted by Crippen LogP contribution is -2.34. The van der Waals surface area contributed by atoms with E-state index in [1.807, 2.05) is 6.07 Å². The van der Waals surface area contributed by atoms with Crippen LogP contribution in [0.3, 0.4) is 0 Å². The molecule has 1 aliphatic rings. The number of nitro benzene ring substituents is 1. The molecule has 2 amide bonds. The number of nitrogens with zero attached hydrogens (tertiary/aromatic N) is 3. The molecule has 160 valence electrons. The predicted molar refractivity (Wildman–Crippen MR) is 117 cm³/mol. The first-order valence-corrected chi connectivity index (χ1v) is 9.76. The molecule has 0 aliphatic carbocycles. The van der Waals surface area contributed by atoms with Gasteiger partial charge < -0.3 is 4.90 Å². The van der Waals surface area contributed by atoms with Crippen LogP contribution in [0.1, 0.15) is 11.1 Å². The van der Waals surface area contributed by atoms with Gasteiger partial charge in [-0.3, -0.25) is 24.6 Å². The van der Waals surface area contributed by atoms with E-state index in [0.717, 1.165) is 4.90 Å². The summed E-state index contributed by atoms with van der Waals surface area (Å²) in [5, 5.41) is 11.0. The Morgan fingerprint density at radius 2 is 1.53 bits per heavy atom. The first kappa shape index (κ1) is 20.9. The molecule has 32 heavy (non-hydrogen) atoms. The number of likely N-dealkylation sites (N-methyl/N-ethyl adjacent to an activating group) is 1. The standard InChI is InChI=1S/C24H18FN3O4/c1-26(18-8-3-2-4-9-18)22-21(16-11-13-19(14-12-16)28(31)32)23(29)27(24(22)30)15-17-7-5-6-10-20(17)25/h2-14H,15H2,1H3. The number of carbonyl (C=O) groups excluding carboxylic acids is 2. The molecule has 0 radical (unpaired) electrons. The Balaban J connectivity index is 1.80. The zero-order valence-electron chi connectivity index (χ0n) is 17.1. The minimum absolute atomic E-state index is 0.104. The van der Waals surface area contributed by atoms with E-state index in [4.69, 9.17) is 0 Å². The van der Waals surface area contributed by atoms with Crippen LogP contribution in [-0.4, -0.2) is 28.7 Å². The largest absolute Gasteiger partial charge is 0.339 e. The maximum Gasteiger partial charge on any atom is 0.278 e. The van der Waals surface area contributed by atoms with E-state index in [2.05, 4.69) is 0 Å². The number of hydrogen-bond donors (Lipinski definition) is 0. The van der Waals surface area contributed by atoms with Crippen LogP contribution in [0, 0.1) is 15.9 Å². The molecule has 0 saturated carbocycles. The van der Waals surface area contributed by atoms with Crippen molar-refractivity contribution in [1.82, 2.24) is 4.90 Å². The first-order chi connectivity index (χ1) is 15.4. The van der Waals surface area contributed by atoms with Crippen LogP contribution >= 0.6 is 0 Å². The summed E-state index contributed by atoms with van der Waals surface area (Å²) in [6.07, 6.45) is 0. The third-order valence-corrected chi connectivity index (χ3v) is 5.28. The second-order valence-corrected chi connectivity index (χ2v) is 7.21. The number of imide groups is 1. The summed E-state index contributed by atoms with van der Waals surface area (Å²) in [6, 6.07) is 20.4. The number of nitro groups is 1. The average Bonchev–Trinajstić information content (AvgIpc) is 3.05. The van der Waals surface area contributed by atoms with Crippen LogP contribution in [0.15, 0.2) is 84.6 Å². The van der Waals surface area contributed by atoms with Gasteiger partial charge in [-0.25, -0.2) is 4.39 Å². The van der Waals surface area contributed by atoms with E-state index in [9.17, 15) is 24.1 Å². The molecule has 3 aromatic rings. The highest BCUT2D eigenvalue weighted by Gasteiger charge is 2.41. The zero-order chi connectivity index (χ0) is 22.8. The lowest BCUT2D eigenvalue weighted by atomic mass is 10.0. The molecule has 0 N–H and O–H groups in total. The van der Waals surface area contributed by atoms with Gasteiger partial charge in [0.25, 0.3) is 17.5 Å². The van der Waals surface area contributed by atoms with E-state index >= 15 is 0 Å². The number of benzene rings is 3. The molecule has 0 aromatic heterocycles. The van der Waals surface area contributed by atoms with Crippen molar-refractivity contribution < 1.29 is 18.9 Å². The van der Waals surface area contributed by atoms with E-state index in [0.29, 0.717) is 11.3 Å². The Bertz CT molecular complexity index is 1240. The number of halogens is 1. The number of non-ortho nitro benzene ring substituents is 1. The molecular formula is C24H18FN3O4. The summed E-state index contributed by atoms with van der Waals surface area (Å²) in [5.74, 6) is -1.68. The molecule has 0 bridgehead atoms. The smallest absolute Gasteiger partial charge is 0.278 e. The van der Waals surface area contributed by atoms with Crippen molar-refractivity contribution in [3.05, 3.63) is 112 Å². The van der Waals surface area contributed by atoms with Gasteiger partial charge in [0.05, 0.1) is 17.0 Å². The first-order valence-electron chi connectivity index (χ1n) is 9.76. The van der Waals surface area contributed by atoms with Crippen molar-refractivity contribution in [2.75, 3.05) is 11.9 Å². The fourth-order valence-electron chi connectivity index (χ4n) is 3.61. The molecule has 0 saturated heterocycles.